The molecule has 4 nitrogen and oxygen atoms in total. The van der Waals surface area contributed by atoms with Crippen LogP contribution in [0.4, 0.5) is 4.39 Å². The number of carbonyl (C=O) groups excluding carboxylic acids is 1. The molecule has 1 atom stereocenters. The Morgan fingerprint density at radius 1 is 1.37 bits per heavy atom. The van der Waals surface area contributed by atoms with Gasteiger partial charge in [0.15, 0.2) is 0 Å². The number of rotatable bonds is 3. The van der Waals surface area contributed by atoms with Crippen molar-refractivity contribution in [1.29, 1.82) is 0 Å². The molecule has 0 saturated heterocycles. The molecule has 1 unspecified atom stereocenters. The quantitative estimate of drug-likeness (QED) is 0.895. The van der Waals surface area contributed by atoms with Gasteiger partial charge in [-0.3, -0.25) is 4.79 Å². The molecule has 1 aromatic carbocycles. The summed E-state index contributed by atoms with van der Waals surface area (Å²) in [5, 5.41) is 12.2. The molecular formula is C14H14FNO3. The van der Waals surface area contributed by atoms with Gasteiger partial charge in [0.1, 0.15) is 23.1 Å². The van der Waals surface area contributed by atoms with Crippen LogP contribution in [0.15, 0.2) is 34.7 Å². The van der Waals surface area contributed by atoms with Gasteiger partial charge in [-0.25, -0.2) is 4.39 Å². The number of amides is 1. The minimum absolute atomic E-state index is 0.102. The Bertz CT molecular complexity index is 606. The van der Waals surface area contributed by atoms with Crippen molar-refractivity contribution in [3.8, 4) is 5.75 Å². The summed E-state index contributed by atoms with van der Waals surface area (Å²) in [5.41, 5.74) is -0.102. The second-order valence-electron chi connectivity index (χ2n) is 4.31. The Labute approximate surface area is 109 Å². The summed E-state index contributed by atoms with van der Waals surface area (Å²) in [6.07, 6.45) is 0. The lowest BCUT2D eigenvalue weighted by Crippen LogP contribution is -2.26. The molecule has 0 spiro atoms. The van der Waals surface area contributed by atoms with Crippen LogP contribution in [0.1, 0.15) is 34.8 Å². The Morgan fingerprint density at radius 2 is 2.11 bits per heavy atom. The lowest BCUT2D eigenvalue weighted by molar-refractivity contribution is 0.0932. The fourth-order valence-corrected chi connectivity index (χ4v) is 1.72. The number of phenols is 1. The van der Waals surface area contributed by atoms with E-state index in [1.54, 1.807) is 26.0 Å². The first kappa shape index (κ1) is 13.1. The number of hydrogen-bond acceptors (Lipinski definition) is 3. The van der Waals surface area contributed by atoms with Crippen molar-refractivity contribution in [1.82, 2.24) is 5.32 Å². The van der Waals surface area contributed by atoms with Crippen molar-refractivity contribution < 1.29 is 18.7 Å². The highest BCUT2D eigenvalue weighted by molar-refractivity contribution is 5.96. The summed E-state index contributed by atoms with van der Waals surface area (Å²) in [4.78, 5) is 11.9. The number of benzene rings is 1. The molecule has 0 aliphatic heterocycles. The van der Waals surface area contributed by atoms with Crippen molar-refractivity contribution in [3.63, 3.8) is 0 Å². The zero-order chi connectivity index (χ0) is 14.0. The van der Waals surface area contributed by atoms with Crippen LogP contribution in [0.25, 0.3) is 0 Å². The maximum Gasteiger partial charge on any atom is 0.255 e. The summed E-state index contributed by atoms with van der Waals surface area (Å²) < 4.78 is 18.4. The smallest absolute Gasteiger partial charge is 0.255 e. The first-order valence-corrected chi connectivity index (χ1v) is 5.83. The van der Waals surface area contributed by atoms with Crippen LogP contribution in [0, 0.1) is 12.7 Å². The van der Waals surface area contributed by atoms with Gasteiger partial charge in [0.05, 0.1) is 11.6 Å². The minimum Gasteiger partial charge on any atom is -0.507 e. The van der Waals surface area contributed by atoms with Crippen LogP contribution >= 0.6 is 0 Å². The number of aromatic hydroxyl groups is 1. The van der Waals surface area contributed by atoms with E-state index in [9.17, 15) is 14.3 Å². The largest absolute Gasteiger partial charge is 0.507 e. The molecule has 0 radical (unpaired) electrons. The molecule has 2 N–H and O–H groups in total. The molecule has 0 bridgehead atoms. The molecule has 1 amide bonds. The zero-order valence-corrected chi connectivity index (χ0v) is 10.6. The van der Waals surface area contributed by atoms with Gasteiger partial charge < -0.3 is 14.8 Å². The summed E-state index contributed by atoms with van der Waals surface area (Å²) in [6, 6.07) is 6.40. The van der Waals surface area contributed by atoms with Gasteiger partial charge in [-0.15, -0.1) is 0 Å². The predicted molar refractivity (Wildman–Crippen MR) is 67.4 cm³/mol. The Morgan fingerprint density at radius 3 is 2.74 bits per heavy atom. The molecule has 0 saturated carbocycles. The fraction of sp³-hybridized carbons (Fsp3) is 0.214. The van der Waals surface area contributed by atoms with Gasteiger partial charge in [-0.05, 0) is 44.2 Å². The number of carbonyl (C=O) groups is 1. The zero-order valence-electron chi connectivity index (χ0n) is 10.6. The van der Waals surface area contributed by atoms with Gasteiger partial charge in [-0.1, -0.05) is 0 Å². The third-order valence-corrected chi connectivity index (χ3v) is 2.74. The van der Waals surface area contributed by atoms with Crippen LogP contribution < -0.4 is 5.32 Å². The molecule has 19 heavy (non-hydrogen) atoms. The SMILES string of the molecule is Cc1ccc(C(C)NC(=O)c2cc(F)ccc2O)o1. The minimum atomic E-state index is -0.579. The normalized spacial score (nSPS) is 12.2. The second kappa shape index (κ2) is 5.14. The highest BCUT2D eigenvalue weighted by atomic mass is 19.1. The molecule has 5 heteroatoms. The molecular weight excluding hydrogens is 249 g/mol. The highest BCUT2D eigenvalue weighted by Gasteiger charge is 2.17. The fourth-order valence-electron chi connectivity index (χ4n) is 1.72. The lowest BCUT2D eigenvalue weighted by atomic mass is 10.1. The molecule has 0 aliphatic carbocycles. The van der Waals surface area contributed by atoms with Crippen molar-refractivity contribution in [3.05, 3.63) is 53.2 Å². The van der Waals surface area contributed by atoms with Crippen LogP contribution in [0.2, 0.25) is 0 Å². The van der Waals surface area contributed by atoms with E-state index in [0.717, 1.165) is 24.0 Å². The van der Waals surface area contributed by atoms with E-state index in [1.807, 2.05) is 0 Å². The van der Waals surface area contributed by atoms with Crippen molar-refractivity contribution >= 4 is 5.91 Å². The van der Waals surface area contributed by atoms with Gasteiger partial charge in [0, 0.05) is 0 Å². The standard InChI is InChI=1S/C14H14FNO3/c1-8-3-6-13(19-8)9(2)16-14(18)11-7-10(15)4-5-12(11)17/h3-7,9,17H,1-2H3,(H,16,18). The lowest BCUT2D eigenvalue weighted by Gasteiger charge is -2.12. The summed E-state index contributed by atoms with van der Waals surface area (Å²) in [7, 11) is 0. The molecule has 2 rings (SSSR count). The summed E-state index contributed by atoms with van der Waals surface area (Å²) in [6.45, 7) is 3.54. The number of nitrogens with one attached hydrogen (secondary N) is 1. The van der Waals surface area contributed by atoms with Gasteiger partial charge in [0.2, 0.25) is 0 Å². The molecule has 0 fully saturated rings. The Balaban J connectivity index is 2.15. The Hall–Kier alpha value is -2.30. The van der Waals surface area contributed by atoms with E-state index in [2.05, 4.69) is 5.32 Å². The van der Waals surface area contributed by atoms with E-state index in [0.29, 0.717) is 5.76 Å². The van der Waals surface area contributed by atoms with Gasteiger partial charge in [0.25, 0.3) is 5.91 Å². The van der Waals surface area contributed by atoms with Gasteiger partial charge in [-0.2, -0.15) is 0 Å². The number of phenolic OH excluding ortho intramolecular Hbond substituents is 1. The highest BCUT2D eigenvalue weighted by Crippen LogP contribution is 2.20. The first-order chi connectivity index (χ1) is 8.97. The van der Waals surface area contributed by atoms with E-state index in [4.69, 9.17) is 4.42 Å². The van der Waals surface area contributed by atoms with E-state index >= 15 is 0 Å². The molecule has 100 valence electrons. The molecule has 2 aromatic rings. The maximum atomic E-state index is 13.1. The third kappa shape index (κ3) is 2.93. The average molecular weight is 263 g/mol. The number of hydrogen-bond donors (Lipinski definition) is 2. The second-order valence-corrected chi connectivity index (χ2v) is 4.31. The van der Waals surface area contributed by atoms with Crippen LogP contribution in [-0.2, 0) is 0 Å². The van der Waals surface area contributed by atoms with Crippen LogP contribution in [0.5, 0.6) is 5.75 Å². The van der Waals surface area contributed by atoms with Crippen LogP contribution in [0.3, 0.4) is 0 Å². The first-order valence-electron chi connectivity index (χ1n) is 5.83. The van der Waals surface area contributed by atoms with E-state index in [-0.39, 0.29) is 17.4 Å². The Kier molecular flexibility index (Phi) is 3.55. The molecule has 1 heterocycles. The van der Waals surface area contributed by atoms with Crippen molar-refractivity contribution in [2.24, 2.45) is 0 Å². The number of aryl methyl sites for hydroxylation is 1. The number of halogens is 1. The van der Waals surface area contributed by atoms with E-state index < -0.39 is 11.7 Å². The van der Waals surface area contributed by atoms with E-state index in [1.165, 1.54) is 0 Å². The van der Waals surface area contributed by atoms with Crippen molar-refractivity contribution in [2.45, 2.75) is 19.9 Å². The maximum absolute atomic E-state index is 13.1. The third-order valence-electron chi connectivity index (χ3n) is 2.74. The number of furan rings is 1. The monoisotopic (exact) mass is 263 g/mol. The average Bonchev–Trinajstić information content (AvgIpc) is 2.79. The summed E-state index contributed by atoms with van der Waals surface area (Å²) in [5.74, 6) is -0.0591. The molecule has 0 aliphatic rings. The topological polar surface area (TPSA) is 62.5 Å². The molecule has 1 aromatic heterocycles. The van der Waals surface area contributed by atoms with Crippen molar-refractivity contribution in [2.75, 3.05) is 0 Å². The van der Waals surface area contributed by atoms with Gasteiger partial charge >= 0.3 is 0 Å². The predicted octanol–water partition coefficient (Wildman–Crippen LogP) is 2.92. The van der Waals surface area contributed by atoms with Crippen LogP contribution in [-0.4, -0.2) is 11.0 Å². The summed E-state index contributed by atoms with van der Waals surface area (Å²) >= 11 is 0.